The van der Waals surface area contributed by atoms with Gasteiger partial charge in [-0.05, 0) is 6.42 Å². The van der Waals surface area contributed by atoms with E-state index in [2.05, 4.69) is 20.1 Å². The molecule has 2 fully saturated rings. The molecule has 0 saturated carbocycles. The first-order chi connectivity index (χ1) is 3.81. The van der Waals surface area contributed by atoms with Crippen LogP contribution in [0.3, 0.4) is 0 Å². The number of ether oxygens (including phenoxy) is 1. The lowest BCUT2D eigenvalue weighted by Gasteiger charge is -2.00. The minimum atomic E-state index is 0.295. The molecule has 0 aromatic rings. The van der Waals surface area contributed by atoms with Crippen LogP contribution in [0.15, 0.2) is 0 Å². The van der Waals surface area contributed by atoms with Crippen molar-refractivity contribution in [2.75, 3.05) is 19.7 Å². The third kappa shape index (κ3) is 0.694. The second-order valence-electron chi connectivity index (χ2n) is 2.57. The molecule has 2 aliphatic rings. The summed E-state index contributed by atoms with van der Waals surface area (Å²) < 4.78 is 7.39. The van der Waals surface area contributed by atoms with Gasteiger partial charge in [0.15, 0.2) is 0 Å². The standard InChI is InChI=1S/C5H8BrNO/c6-7-2-1-5(3-7)4-8-5/h1-4H2. The summed E-state index contributed by atoms with van der Waals surface area (Å²) >= 11 is 3.41. The Labute approximate surface area is 57.1 Å². The topological polar surface area (TPSA) is 15.8 Å². The summed E-state index contributed by atoms with van der Waals surface area (Å²) in [4.78, 5) is 0. The number of nitrogens with zero attached hydrogens (tertiary/aromatic N) is 1. The SMILES string of the molecule is BrN1CCC2(CO2)C1. The molecule has 2 rings (SSSR count). The van der Waals surface area contributed by atoms with E-state index in [9.17, 15) is 0 Å². The van der Waals surface area contributed by atoms with Crippen LogP contribution in [0.5, 0.6) is 0 Å². The Kier molecular flexibility index (Phi) is 0.951. The van der Waals surface area contributed by atoms with Crippen molar-refractivity contribution in [2.45, 2.75) is 12.0 Å². The summed E-state index contributed by atoms with van der Waals surface area (Å²) in [6.45, 7) is 3.20. The highest BCUT2D eigenvalue weighted by Gasteiger charge is 2.49. The van der Waals surface area contributed by atoms with Gasteiger partial charge in [-0.3, -0.25) is 0 Å². The molecular weight excluding hydrogens is 170 g/mol. The van der Waals surface area contributed by atoms with Crippen molar-refractivity contribution >= 4 is 16.1 Å². The van der Waals surface area contributed by atoms with Gasteiger partial charge in [0, 0.05) is 29.2 Å². The molecule has 2 nitrogen and oxygen atoms in total. The van der Waals surface area contributed by atoms with E-state index in [0.29, 0.717) is 5.60 Å². The van der Waals surface area contributed by atoms with Gasteiger partial charge in [-0.25, -0.2) is 3.93 Å². The summed E-state index contributed by atoms with van der Waals surface area (Å²) in [5, 5.41) is 0. The maximum Gasteiger partial charge on any atom is 0.106 e. The van der Waals surface area contributed by atoms with Crippen LogP contribution in [-0.2, 0) is 4.74 Å². The number of rotatable bonds is 0. The molecule has 2 heterocycles. The minimum absolute atomic E-state index is 0.295. The molecule has 0 radical (unpaired) electrons. The fourth-order valence-corrected chi connectivity index (χ4v) is 1.77. The Hall–Kier alpha value is 0.400. The molecule has 0 aromatic heterocycles. The van der Waals surface area contributed by atoms with Crippen LogP contribution in [0, 0.1) is 0 Å². The molecule has 8 heavy (non-hydrogen) atoms. The van der Waals surface area contributed by atoms with Crippen molar-refractivity contribution in [1.82, 2.24) is 3.93 Å². The average molecular weight is 178 g/mol. The normalized spacial score (nSPS) is 46.1. The highest BCUT2D eigenvalue weighted by Crippen LogP contribution is 2.37. The summed E-state index contributed by atoms with van der Waals surface area (Å²) in [6.07, 6.45) is 1.21. The molecule has 46 valence electrons. The quantitative estimate of drug-likeness (QED) is 0.402. The van der Waals surface area contributed by atoms with Crippen molar-refractivity contribution in [2.24, 2.45) is 0 Å². The van der Waals surface area contributed by atoms with E-state index in [1.165, 1.54) is 6.42 Å². The van der Waals surface area contributed by atoms with Crippen molar-refractivity contribution in [3.05, 3.63) is 0 Å². The largest absolute Gasteiger partial charge is 0.368 e. The summed E-state index contributed by atoms with van der Waals surface area (Å²) in [5.74, 6) is 0. The van der Waals surface area contributed by atoms with Crippen LogP contribution in [-0.4, -0.2) is 29.2 Å². The van der Waals surface area contributed by atoms with E-state index < -0.39 is 0 Å². The fourth-order valence-electron chi connectivity index (χ4n) is 1.13. The van der Waals surface area contributed by atoms with Crippen LogP contribution in [0.1, 0.15) is 6.42 Å². The highest BCUT2D eigenvalue weighted by atomic mass is 79.9. The van der Waals surface area contributed by atoms with Gasteiger partial charge in [0.05, 0.1) is 6.61 Å². The molecule has 0 amide bonds. The van der Waals surface area contributed by atoms with Crippen molar-refractivity contribution < 1.29 is 4.74 Å². The zero-order chi connectivity index (χ0) is 5.61. The Morgan fingerprint density at radius 1 is 1.62 bits per heavy atom. The van der Waals surface area contributed by atoms with E-state index in [-0.39, 0.29) is 0 Å². The van der Waals surface area contributed by atoms with Gasteiger partial charge in [0.1, 0.15) is 5.60 Å². The van der Waals surface area contributed by atoms with E-state index in [1.54, 1.807) is 0 Å². The van der Waals surface area contributed by atoms with Gasteiger partial charge in [-0.1, -0.05) is 0 Å². The third-order valence-electron chi connectivity index (χ3n) is 1.82. The lowest BCUT2D eigenvalue weighted by molar-refractivity contribution is 0.316. The zero-order valence-corrected chi connectivity index (χ0v) is 6.15. The highest BCUT2D eigenvalue weighted by molar-refractivity contribution is 9.07. The van der Waals surface area contributed by atoms with Gasteiger partial charge in [0.25, 0.3) is 0 Å². The number of hydrogen-bond acceptors (Lipinski definition) is 2. The smallest absolute Gasteiger partial charge is 0.106 e. The Morgan fingerprint density at radius 2 is 2.38 bits per heavy atom. The van der Waals surface area contributed by atoms with Gasteiger partial charge < -0.3 is 4.74 Å². The van der Waals surface area contributed by atoms with Crippen molar-refractivity contribution in [1.29, 1.82) is 0 Å². The number of halogens is 1. The molecule has 0 aliphatic carbocycles. The van der Waals surface area contributed by atoms with E-state index in [4.69, 9.17) is 4.74 Å². The van der Waals surface area contributed by atoms with Crippen LogP contribution in [0.25, 0.3) is 0 Å². The predicted molar refractivity (Wildman–Crippen MR) is 33.8 cm³/mol. The van der Waals surface area contributed by atoms with Crippen molar-refractivity contribution in [3.8, 4) is 0 Å². The van der Waals surface area contributed by atoms with E-state index in [0.717, 1.165) is 19.7 Å². The van der Waals surface area contributed by atoms with Crippen LogP contribution >= 0.6 is 16.1 Å². The molecule has 2 aliphatic heterocycles. The average Bonchev–Trinajstić information content (AvgIpc) is 2.34. The molecule has 3 heteroatoms. The van der Waals surface area contributed by atoms with E-state index >= 15 is 0 Å². The lowest BCUT2D eigenvalue weighted by atomic mass is 10.1. The molecule has 1 spiro atoms. The van der Waals surface area contributed by atoms with Gasteiger partial charge >= 0.3 is 0 Å². The third-order valence-corrected chi connectivity index (χ3v) is 2.43. The van der Waals surface area contributed by atoms with Crippen LogP contribution in [0.2, 0.25) is 0 Å². The maximum atomic E-state index is 5.26. The lowest BCUT2D eigenvalue weighted by Crippen LogP contribution is -2.13. The molecule has 0 N–H and O–H groups in total. The molecule has 1 atom stereocenters. The van der Waals surface area contributed by atoms with Crippen molar-refractivity contribution in [3.63, 3.8) is 0 Å². The fraction of sp³-hybridized carbons (Fsp3) is 1.00. The Bertz CT molecular complexity index is 113. The summed E-state index contributed by atoms with van der Waals surface area (Å²) in [5.41, 5.74) is 0.295. The first-order valence-corrected chi connectivity index (χ1v) is 3.56. The van der Waals surface area contributed by atoms with Gasteiger partial charge in [0.2, 0.25) is 0 Å². The number of epoxide rings is 1. The molecular formula is C5H8BrNO. The van der Waals surface area contributed by atoms with E-state index in [1.807, 2.05) is 0 Å². The monoisotopic (exact) mass is 177 g/mol. The van der Waals surface area contributed by atoms with Gasteiger partial charge in [-0.15, -0.1) is 0 Å². The first kappa shape index (κ1) is 5.21. The summed E-state index contributed by atoms with van der Waals surface area (Å²) in [6, 6.07) is 0. The second-order valence-corrected chi connectivity index (χ2v) is 3.57. The Balaban J connectivity index is 2.03. The predicted octanol–water partition coefficient (Wildman–Crippen LogP) is 0.771. The first-order valence-electron chi connectivity index (χ1n) is 2.85. The minimum Gasteiger partial charge on any atom is -0.368 e. The van der Waals surface area contributed by atoms with Crippen LogP contribution < -0.4 is 0 Å². The zero-order valence-electron chi connectivity index (χ0n) is 4.56. The maximum absolute atomic E-state index is 5.26. The second kappa shape index (κ2) is 1.46. The molecule has 1 unspecified atom stereocenters. The molecule has 0 aromatic carbocycles. The molecule has 0 bridgehead atoms. The molecule has 2 saturated heterocycles. The summed E-state index contributed by atoms with van der Waals surface area (Å²) in [7, 11) is 0. The Morgan fingerprint density at radius 3 is 2.62 bits per heavy atom. The van der Waals surface area contributed by atoms with Crippen LogP contribution in [0.4, 0.5) is 0 Å². The van der Waals surface area contributed by atoms with Gasteiger partial charge in [-0.2, -0.15) is 0 Å². The number of hydrogen-bond donors (Lipinski definition) is 0.